The molecule has 2 aromatic heterocycles. The number of hydrogen-bond donors (Lipinski definition) is 0. The maximum absolute atomic E-state index is 12.7. The minimum absolute atomic E-state index is 0.0428. The number of hydrogen-bond acceptors (Lipinski definition) is 6. The molecule has 1 amide bonds. The lowest BCUT2D eigenvalue weighted by Gasteiger charge is -2.24. The Morgan fingerprint density at radius 1 is 1.25 bits per heavy atom. The van der Waals surface area contributed by atoms with Crippen molar-refractivity contribution in [3.05, 3.63) is 41.3 Å². The molecule has 0 unspecified atom stereocenters. The molecule has 0 aliphatic heterocycles. The quantitative estimate of drug-likeness (QED) is 0.805. The Labute approximate surface area is 141 Å². The summed E-state index contributed by atoms with van der Waals surface area (Å²) in [4.78, 5) is 26.8. The highest BCUT2D eigenvalue weighted by Crippen LogP contribution is 2.16. The van der Waals surface area contributed by atoms with Gasteiger partial charge in [0, 0.05) is 37.5 Å². The predicted octanol–water partition coefficient (Wildman–Crippen LogP) is 1.90. The van der Waals surface area contributed by atoms with Gasteiger partial charge in [-0.1, -0.05) is 0 Å². The monoisotopic (exact) mass is 330 g/mol. The third-order valence-corrected chi connectivity index (χ3v) is 3.75. The van der Waals surface area contributed by atoms with Gasteiger partial charge in [0.25, 0.3) is 5.91 Å². The summed E-state index contributed by atoms with van der Waals surface area (Å²) in [6.45, 7) is 3.99. The molecular formula is C17H22N4O3. The second-order valence-corrected chi connectivity index (χ2v) is 5.58. The van der Waals surface area contributed by atoms with Gasteiger partial charge in [0.15, 0.2) is 0 Å². The Morgan fingerprint density at radius 3 is 2.62 bits per heavy atom. The number of nitrogens with zero attached hydrogens (tertiary/aromatic N) is 4. The van der Waals surface area contributed by atoms with Crippen LogP contribution >= 0.6 is 0 Å². The van der Waals surface area contributed by atoms with Gasteiger partial charge in [-0.05, 0) is 31.5 Å². The molecule has 0 fully saturated rings. The molecule has 1 atom stereocenters. The standard InChI is InChI=1S/C17H22N4O3/c1-11-6-7-18-13(8-11)9-12(2)21(3)16(22)14-10-15(23-4)20-17(19-14)24-5/h6-8,10,12H,9H2,1-5H3/t12-/m0/s1. The van der Waals surface area contributed by atoms with Crippen molar-refractivity contribution < 1.29 is 14.3 Å². The van der Waals surface area contributed by atoms with Gasteiger partial charge < -0.3 is 14.4 Å². The Balaban J connectivity index is 2.16. The molecule has 2 rings (SSSR count). The van der Waals surface area contributed by atoms with E-state index in [4.69, 9.17) is 9.47 Å². The van der Waals surface area contributed by atoms with E-state index < -0.39 is 0 Å². The summed E-state index contributed by atoms with van der Waals surface area (Å²) in [5.74, 6) is 0.0563. The van der Waals surface area contributed by atoms with E-state index in [2.05, 4.69) is 15.0 Å². The molecule has 0 aromatic carbocycles. The summed E-state index contributed by atoms with van der Waals surface area (Å²) in [6.07, 6.45) is 2.43. The van der Waals surface area contributed by atoms with Crippen LogP contribution in [0.5, 0.6) is 11.9 Å². The van der Waals surface area contributed by atoms with Gasteiger partial charge in [-0.15, -0.1) is 0 Å². The van der Waals surface area contributed by atoms with Crippen LogP contribution in [-0.2, 0) is 6.42 Å². The van der Waals surface area contributed by atoms with Crippen LogP contribution in [0.1, 0.15) is 28.7 Å². The molecule has 0 N–H and O–H groups in total. The second-order valence-electron chi connectivity index (χ2n) is 5.58. The fraction of sp³-hybridized carbons (Fsp3) is 0.412. The number of carbonyl (C=O) groups excluding carboxylic acids is 1. The van der Waals surface area contributed by atoms with Crippen molar-refractivity contribution in [1.29, 1.82) is 0 Å². The van der Waals surface area contributed by atoms with Gasteiger partial charge in [0.05, 0.1) is 14.2 Å². The van der Waals surface area contributed by atoms with Crippen molar-refractivity contribution in [2.45, 2.75) is 26.3 Å². The number of ether oxygens (including phenoxy) is 2. The van der Waals surface area contributed by atoms with Crippen LogP contribution in [0.4, 0.5) is 0 Å². The molecule has 0 bridgehead atoms. The van der Waals surface area contributed by atoms with Crippen LogP contribution in [0.3, 0.4) is 0 Å². The van der Waals surface area contributed by atoms with E-state index in [-0.39, 0.29) is 29.5 Å². The summed E-state index contributed by atoms with van der Waals surface area (Å²) in [5.41, 5.74) is 2.32. The molecule has 0 saturated heterocycles. The van der Waals surface area contributed by atoms with Crippen molar-refractivity contribution >= 4 is 5.91 Å². The summed E-state index contributed by atoms with van der Waals surface area (Å²) in [5, 5.41) is 0. The molecule has 2 aromatic rings. The van der Waals surface area contributed by atoms with Gasteiger partial charge in [0.1, 0.15) is 5.69 Å². The van der Waals surface area contributed by atoms with Gasteiger partial charge >= 0.3 is 6.01 Å². The summed E-state index contributed by atoms with van der Waals surface area (Å²) >= 11 is 0. The summed E-state index contributed by atoms with van der Waals surface area (Å²) in [6, 6.07) is 5.52. The molecule has 0 aliphatic carbocycles. The molecule has 0 radical (unpaired) electrons. The van der Waals surface area contributed by atoms with E-state index in [1.165, 1.54) is 20.3 Å². The Hall–Kier alpha value is -2.70. The van der Waals surface area contributed by atoms with Gasteiger partial charge in [-0.3, -0.25) is 9.78 Å². The van der Waals surface area contributed by atoms with Crippen molar-refractivity contribution in [3.8, 4) is 11.9 Å². The first kappa shape index (κ1) is 17.7. The number of aryl methyl sites for hydroxylation is 1. The Morgan fingerprint density at radius 2 is 2.00 bits per heavy atom. The van der Waals surface area contributed by atoms with Crippen LogP contribution in [0.15, 0.2) is 24.4 Å². The molecule has 2 heterocycles. The van der Waals surface area contributed by atoms with Gasteiger partial charge in [-0.2, -0.15) is 9.97 Å². The number of rotatable bonds is 6. The minimum atomic E-state index is -0.228. The first-order valence-corrected chi connectivity index (χ1v) is 7.60. The van der Waals surface area contributed by atoms with Crippen molar-refractivity contribution in [2.24, 2.45) is 0 Å². The zero-order chi connectivity index (χ0) is 17.7. The first-order chi connectivity index (χ1) is 11.4. The fourth-order valence-electron chi connectivity index (χ4n) is 2.24. The zero-order valence-corrected chi connectivity index (χ0v) is 14.6. The van der Waals surface area contributed by atoms with E-state index >= 15 is 0 Å². The smallest absolute Gasteiger partial charge is 0.320 e. The SMILES string of the molecule is COc1cc(C(=O)N(C)[C@@H](C)Cc2cc(C)ccn2)nc(OC)n1. The second kappa shape index (κ2) is 7.72. The number of carbonyl (C=O) groups is 1. The maximum atomic E-state index is 12.7. The van der Waals surface area contributed by atoms with Crippen LogP contribution < -0.4 is 9.47 Å². The minimum Gasteiger partial charge on any atom is -0.481 e. The van der Waals surface area contributed by atoms with Crippen molar-refractivity contribution in [3.63, 3.8) is 0 Å². The van der Waals surface area contributed by atoms with E-state index in [9.17, 15) is 4.79 Å². The lowest BCUT2D eigenvalue weighted by molar-refractivity contribution is 0.0735. The Bertz CT molecular complexity index is 698. The molecule has 128 valence electrons. The first-order valence-electron chi connectivity index (χ1n) is 7.60. The molecular weight excluding hydrogens is 308 g/mol. The van der Waals surface area contributed by atoms with Crippen LogP contribution in [0.2, 0.25) is 0 Å². The predicted molar refractivity (Wildman–Crippen MR) is 89.4 cm³/mol. The normalized spacial score (nSPS) is 11.7. The average Bonchev–Trinajstić information content (AvgIpc) is 2.59. The van der Waals surface area contributed by atoms with Crippen molar-refractivity contribution in [2.75, 3.05) is 21.3 Å². The highest BCUT2D eigenvalue weighted by Gasteiger charge is 2.21. The largest absolute Gasteiger partial charge is 0.481 e. The topological polar surface area (TPSA) is 77.4 Å². The molecule has 7 nitrogen and oxygen atoms in total. The molecule has 0 spiro atoms. The van der Waals surface area contributed by atoms with Crippen LogP contribution in [0, 0.1) is 6.92 Å². The number of amides is 1. The lowest BCUT2D eigenvalue weighted by Crippen LogP contribution is -2.37. The highest BCUT2D eigenvalue weighted by molar-refractivity contribution is 5.92. The highest BCUT2D eigenvalue weighted by atomic mass is 16.5. The van der Waals surface area contributed by atoms with E-state index in [1.807, 2.05) is 26.0 Å². The summed E-state index contributed by atoms with van der Waals surface area (Å²) < 4.78 is 10.1. The molecule has 7 heteroatoms. The fourth-order valence-corrected chi connectivity index (χ4v) is 2.24. The Kier molecular flexibility index (Phi) is 5.68. The summed E-state index contributed by atoms with van der Waals surface area (Å²) in [7, 11) is 4.66. The van der Waals surface area contributed by atoms with Gasteiger partial charge in [0.2, 0.25) is 5.88 Å². The van der Waals surface area contributed by atoms with E-state index in [0.29, 0.717) is 6.42 Å². The third-order valence-electron chi connectivity index (χ3n) is 3.75. The molecule has 24 heavy (non-hydrogen) atoms. The molecule has 0 aliphatic rings. The van der Waals surface area contributed by atoms with E-state index in [0.717, 1.165) is 11.3 Å². The number of methoxy groups -OCH3 is 2. The van der Waals surface area contributed by atoms with Crippen LogP contribution in [0.25, 0.3) is 0 Å². The van der Waals surface area contributed by atoms with Crippen molar-refractivity contribution in [1.82, 2.24) is 19.9 Å². The number of likely N-dealkylation sites (N-methyl/N-ethyl adjacent to an activating group) is 1. The number of pyridine rings is 1. The van der Waals surface area contributed by atoms with E-state index in [1.54, 1.807) is 18.1 Å². The number of aromatic nitrogens is 3. The third kappa shape index (κ3) is 4.18. The maximum Gasteiger partial charge on any atom is 0.320 e. The van der Waals surface area contributed by atoms with Gasteiger partial charge in [-0.25, -0.2) is 0 Å². The lowest BCUT2D eigenvalue weighted by atomic mass is 10.1. The molecule has 0 saturated carbocycles. The van der Waals surface area contributed by atoms with Crippen LogP contribution in [-0.4, -0.2) is 53.1 Å². The average molecular weight is 330 g/mol. The zero-order valence-electron chi connectivity index (χ0n) is 14.6.